The van der Waals surface area contributed by atoms with Crippen molar-refractivity contribution in [3.63, 3.8) is 0 Å². The van der Waals surface area contributed by atoms with E-state index in [-0.39, 0.29) is 0 Å². The van der Waals surface area contributed by atoms with Gasteiger partial charge in [-0.1, -0.05) is 26.7 Å². The molecule has 2 heteroatoms. The fourth-order valence-corrected chi connectivity index (χ4v) is 3.54. The molecule has 1 fully saturated rings. The van der Waals surface area contributed by atoms with Gasteiger partial charge in [0.15, 0.2) is 0 Å². The maximum atomic E-state index is 5.85. The lowest BCUT2D eigenvalue weighted by molar-refractivity contribution is 0.613. The molecular weight excluding hydrogens is 166 g/mol. The summed E-state index contributed by atoms with van der Waals surface area (Å²) >= 11 is 2.13. The molecule has 0 amide bonds. The molecule has 1 aliphatic carbocycles. The first-order valence-electron chi connectivity index (χ1n) is 5.10. The summed E-state index contributed by atoms with van der Waals surface area (Å²) in [6.45, 7) is 5.46. The maximum Gasteiger partial charge on any atom is 0.0284 e. The molecule has 0 aromatic rings. The van der Waals surface area contributed by atoms with E-state index in [2.05, 4.69) is 25.6 Å². The lowest BCUT2D eigenvalue weighted by Crippen LogP contribution is -2.32. The van der Waals surface area contributed by atoms with E-state index in [1.54, 1.807) is 0 Å². The Balaban J connectivity index is 2.43. The van der Waals surface area contributed by atoms with Gasteiger partial charge in [0.25, 0.3) is 0 Å². The van der Waals surface area contributed by atoms with E-state index in [9.17, 15) is 0 Å². The fourth-order valence-electron chi connectivity index (χ4n) is 1.90. The first kappa shape index (κ1) is 10.4. The standard InChI is InChI=1S/C10H21NS/c1-3-9(2)12-10(8-11)6-4-5-7-10/h9H,3-8,11H2,1-2H3. The minimum absolute atomic E-state index is 0.454. The van der Waals surface area contributed by atoms with Crippen molar-refractivity contribution in [3.8, 4) is 0 Å². The molecule has 0 bridgehead atoms. The zero-order chi connectivity index (χ0) is 9.03. The van der Waals surface area contributed by atoms with Crippen LogP contribution in [0.4, 0.5) is 0 Å². The van der Waals surface area contributed by atoms with Crippen LogP contribution in [0.5, 0.6) is 0 Å². The van der Waals surface area contributed by atoms with Crippen molar-refractivity contribution in [2.45, 2.75) is 55.9 Å². The van der Waals surface area contributed by atoms with Crippen LogP contribution in [0.25, 0.3) is 0 Å². The van der Waals surface area contributed by atoms with E-state index >= 15 is 0 Å². The van der Waals surface area contributed by atoms with Gasteiger partial charge in [-0.15, -0.1) is 0 Å². The van der Waals surface area contributed by atoms with Gasteiger partial charge < -0.3 is 5.73 Å². The van der Waals surface area contributed by atoms with E-state index in [0.717, 1.165) is 11.8 Å². The van der Waals surface area contributed by atoms with Crippen LogP contribution in [-0.4, -0.2) is 16.5 Å². The Morgan fingerprint density at radius 3 is 2.42 bits per heavy atom. The summed E-state index contributed by atoms with van der Waals surface area (Å²) in [5.41, 5.74) is 5.85. The average Bonchev–Trinajstić information content (AvgIpc) is 2.54. The molecule has 1 rings (SSSR count). The van der Waals surface area contributed by atoms with Crippen molar-refractivity contribution < 1.29 is 0 Å². The van der Waals surface area contributed by atoms with E-state index in [1.807, 2.05) is 0 Å². The number of hydrogen-bond acceptors (Lipinski definition) is 2. The second-order valence-electron chi connectivity index (χ2n) is 3.93. The van der Waals surface area contributed by atoms with Crippen molar-refractivity contribution in [1.29, 1.82) is 0 Å². The van der Waals surface area contributed by atoms with Gasteiger partial charge in [-0.05, 0) is 19.3 Å². The molecule has 72 valence electrons. The summed E-state index contributed by atoms with van der Waals surface area (Å²) < 4.78 is 0.454. The van der Waals surface area contributed by atoms with Crippen LogP contribution in [0.1, 0.15) is 46.0 Å². The third-order valence-electron chi connectivity index (χ3n) is 2.91. The molecule has 1 unspecified atom stereocenters. The molecule has 0 spiro atoms. The van der Waals surface area contributed by atoms with Crippen LogP contribution in [-0.2, 0) is 0 Å². The van der Waals surface area contributed by atoms with Crippen molar-refractivity contribution in [3.05, 3.63) is 0 Å². The number of hydrogen-bond donors (Lipinski definition) is 1. The zero-order valence-corrected chi connectivity index (χ0v) is 9.12. The van der Waals surface area contributed by atoms with Crippen LogP contribution < -0.4 is 5.73 Å². The summed E-state index contributed by atoms with van der Waals surface area (Å²) in [5.74, 6) is 0. The van der Waals surface area contributed by atoms with Gasteiger partial charge in [-0.25, -0.2) is 0 Å². The Morgan fingerprint density at radius 2 is 2.00 bits per heavy atom. The predicted molar refractivity (Wildman–Crippen MR) is 57.6 cm³/mol. The molecule has 0 aliphatic heterocycles. The molecule has 0 aromatic carbocycles. The van der Waals surface area contributed by atoms with Crippen molar-refractivity contribution in [2.75, 3.05) is 6.54 Å². The molecule has 0 radical (unpaired) electrons. The molecule has 1 nitrogen and oxygen atoms in total. The van der Waals surface area contributed by atoms with Gasteiger partial charge in [0.2, 0.25) is 0 Å². The molecule has 0 aromatic heterocycles. The Hall–Kier alpha value is 0.310. The number of thioether (sulfide) groups is 1. The second kappa shape index (κ2) is 4.52. The van der Waals surface area contributed by atoms with Crippen LogP contribution in [0.2, 0.25) is 0 Å². The normalized spacial score (nSPS) is 24.2. The van der Waals surface area contributed by atoms with Crippen molar-refractivity contribution >= 4 is 11.8 Å². The highest BCUT2D eigenvalue weighted by Gasteiger charge is 2.33. The summed E-state index contributed by atoms with van der Waals surface area (Å²) in [6.07, 6.45) is 6.74. The molecule has 0 heterocycles. The molecule has 1 saturated carbocycles. The number of nitrogens with two attached hydrogens (primary N) is 1. The monoisotopic (exact) mass is 187 g/mol. The largest absolute Gasteiger partial charge is 0.329 e. The van der Waals surface area contributed by atoms with Crippen LogP contribution in [0, 0.1) is 0 Å². The van der Waals surface area contributed by atoms with Gasteiger partial charge >= 0.3 is 0 Å². The zero-order valence-electron chi connectivity index (χ0n) is 8.31. The van der Waals surface area contributed by atoms with E-state index in [1.165, 1.54) is 32.1 Å². The number of rotatable bonds is 4. The van der Waals surface area contributed by atoms with E-state index in [0.29, 0.717) is 4.75 Å². The minimum atomic E-state index is 0.454. The van der Waals surface area contributed by atoms with Crippen LogP contribution in [0.15, 0.2) is 0 Å². The minimum Gasteiger partial charge on any atom is -0.329 e. The Kier molecular flexibility index (Phi) is 3.91. The molecular formula is C10H21NS. The molecule has 1 atom stereocenters. The smallest absolute Gasteiger partial charge is 0.0284 e. The van der Waals surface area contributed by atoms with Crippen molar-refractivity contribution in [1.82, 2.24) is 0 Å². The van der Waals surface area contributed by atoms with Gasteiger partial charge in [0.1, 0.15) is 0 Å². The van der Waals surface area contributed by atoms with E-state index in [4.69, 9.17) is 5.73 Å². The van der Waals surface area contributed by atoms with Crippen LogP contribution >= 0.6 is 11.8 Å². The molecule has 0 saturated heterocycles. The first-order chi connectivity index (χ1) is 5.72. The average molecular weight is 187 g/mol. The molecule has 1 aliphatic rings. The summed E-state index contributed by atoms with van der Waals surface area (Å²) in [6, 6.07) is 0. The fraction of sp³-hybridized carbons (Fsp3) is 1.00. The molecule has 12 heavy (non-hydrogen) atoms. The van der Waals surface area contributed by atoms with Gasteiger partial charge in [0, 0.05) is 16.5 Å². The van der Waals surface area contributed by atoms with Gasteiger partial charge in [-0.3, -0.25) is 0 Å². The Morgan fingerprint density at radius 1 is 1.42 bits per heavy atom. The van der Waals surface area contributed by atoms with E-state index < -0.39 is 0 Å². The third-order valence-corrected chi connectivity index (χ3v) is 4.72. The maximum absolute atomic E-state index is 5.85. The highest BCUT2D eigenvalue weighted by Crippen LogP contribution is 2.43. The lowest BCUT2D eigenvalue weighted by Gasteiger charge is -2.29. The van der Waals surface area contributed by atoms with Gasteiger partial charge in [-0.2, -0.15) is 11.8 Å². The van der Waals surface area contributed by atoms with Crippen molar-refractivity contribution in [2.24, 2.45) is 5.73 Å². The second-order valence-corrected chi connectivity index (χ2v) is 5.84. The third kappa shape index (κ3) is 2.40. The highest BCUT2D eigenvalue weighted by atomic mass is 32.2. The summed E-state index contributed by atoms with van der Waals surface area (Å²) in [5, 5.41) is 0.784. The highest BCUT2D eigenvalue weighted by molar-refractivity contribution is 8.01. The van der Waals surface area contributed by atoms with Crippen LogP contribution in [0.3, 0.4) is 0 Å². The first-order valence-corrected chi connectivity index (χ1v) is 5.98. The van der Waals surface area contributed by atoms with Gasteiger partial charge in [0.05, 0.1) is 0 Å². The quantitative estimate of drug-likeness (QED) is 0.732. The topological polar surface area (TPSA) is 26.0 Å². The summed E-state index contributed by atoms with van der Waals surface area (Å²) in [7, 11) is 0. The lowest BCUT2D eigenvalue weighted by atomic mass is 10.1. The Labute approximate surface area is 80.5 Å². The molecule has 2 N–H and O–H groups in total. The summed E-state index contributed by atoms with van der Waals surface area (Å²) in [4.78, 5) is 0. The Bertz CT molecular complexity index is 130. The SMILES string of the molecule is CCC(C)SC1(CN)CCCC1. The predicted octanol–water partition coefficient (Wildman–Crippen LogP) is 2.79.